The van der Waals surface area contributed by atoms with E-state index in [1.165, 1.54) is 11.8 Å². The predicted molar refractivity (Wildman–Crippen MR) is 147 cm³/mol. The second kappa shape index (κ2) is 25.8. The van der Waals surface area contributed by atoms with Gasteiger partial charge in [-0.1, -0.05) is 11.8 Å². The number of carbonyl (C=O) groups excluding carboxylic acids is 2. The van der Waals surface area contributed by atoms with E-state index in [-0.39, 0.29) is 123 Å². The Balaban J connectivity index is -0.000000268. The molecule has 3 heterocycles. The van der Waals surface area contributed by atoms with E-state index in [4.69, 9.17) is 32.6 Å². The number of nitriles is 2. The molecule has 0 fully saturated rings. The molecule has 3 aromatic heterocycles. The average Bonchev–Trinajstić information content (AvgIpc) is 2.94. The first kappa shape index (κ1) is 44.8. The molecule has 0 radical (unpaired) electrons. The number of hydrogen-bond donors (Lipinski definition) is 2. The van der Waals surface area contributed by atoms with Crippen molar-refractivity contribution in [3.05, 3.63) is 51.3 Å². The molecular formula is C25H30K2N10O4S. The number of hydrogen-bond acceptors (Lipinski definition) is 13. The van der Waals surface area contributed by atoms with Crippen molar-refractivity contribution in [2.45, 2.75) is 46.3 Å². The van der Waals surface area contributed by atoms with Crippen molar-refractivity contribution in [1.82, 2.24) is 24.5 Å². The van der Waals surface area contributed by atoms with Gasteiger partial charge in [0.25, 0.3) is 13.0 Å². The first-order chi connectivity index (χ1) is 19.1. The molecule has 3 aromatic rings. The van der Waals surface area contributed by atoms with E-state index in [2.05, 4.69) is 35.0 Å². The van der Waals surface area contributed by atoms with Crippen LogP contribution in [-0.4, -0.2) is 56.6 Å². The standard InChI is InChI=1S/C12H13N5S.C9H13N3O.C3H2N2.CH2O3.2K.H/c1-4-17-10(14)8(6-13)5-9-7(2)15-12(18-3)16-11(9)17;1-4-10-9-8(5-13)6(2)11-7(3)12-9;1-5-3-2-4;2-1-4-3;;;/h5,14H,4H2,1-3H3;5H,4H2,1-3H3,(H,10,11,12);3H2;1,3H;;;/q;;;;2*+1;-1/p-1. The zero-order valence-electron chi connectivity index (χ0n) is 26.0. The van der Waals surface area contributed by atoms with Crippen molar-refractivity contribution in [3.8, 4) is 12.1 Å². The van der Waals surface area contributed by atoms with Crippen LogP contribution in [0, 0.1) is 55.4 Å². The van der Waals surface area contributed by atoms with Gasteiger partial charge in [-0.05, 0) is 46.9 Å². The molecule has 0 unspecified atom stereocenters. The molecule has 212 valence electrons. The van der Waals surface area contributed by atoms with Gasteiger partial charge in [0.1, 0.15) is 34.9 Å². The zero-order valence-corrected chi connectivity index (χ0v) is 32.0. The number of aryl methyl sites for hydroxylation is 4. The number of aromatic nitrogens is 5. The van der Waals surface area contributed by atoms with E-state index in [9.17, 15) is 4.79 Å². The molecule has 0 saturated carbocycles. The molecule has 0 aliphatic heterocycles. The first-order valence-electron chi connectivity index (χ1n) is 11.5. The zero-order chi connectivity index (χ0) is 30.7. The van der Waals surface area contributed by atoms with Gasteiger partial charge in [-0.3, -0.25) is 15.0 Å². The van der Waals surface area contributed by atoms with Gasteiger partial charge in [-0.25, -0.2) is 26.5 Å². The summed E-state index contributed by atoms with van der Waals surface area (Å²) in [5.74, 6) is 1.31. The van der Waals surface area contributed by atoms with Crippen molar-refractivity contribution in [2.75, 3.05) is 24.7 Å². The summed E-state index contributed by atoms with van der Waals surface area (Å²) in [7, 11) is 0. The Morgan fingerprint density at radius 1 is 1.19 bits per heavy atom. The van der Waals surface area contributed by atoms with Crippen LogP contribution in [0.4, 0.5) is 5.82 Å². The normalized spacial score (nSPS) is 8.57. The second-order valence-corrected chi connectivity index (χ2v) is 8.00. The third-order valence-corrected chi connectivity index (χ3v) is 5.23. The molecule has 0 saturated heterocycles. The summed E-state index contributed by atoms with van der Waals surface area (Å²) in [5.41, 5.74) is 3.39. The molecule has 3 rings (SSSR count). The Morgan fingerprint density at radius 2 is 1.81 bits per heavy atom. The molecule has 17 heteroatoms. The molecule has 0 aliphatic carbocycles. The summed E-state index contributed by atoms with van der Waals surface area (Å²) >= 11 is 1.47. The summed E-state index contributed by atoms with van der Waals surface area (Å²) < 4.78 is 1.74. The number of carbonyl (C=O) groups is 2. The van der Waals surface area contributed by atoms with E-state index in [0.717, 1.165) is 35.3 Å². The summed E-state index contributed by atoms with van der Waals surface area (Å²) in [6.07, 6.45) is 2.70. The third-order valence-electron chi connectivity index (χ3n) is 4.68. The number of nitrogens with one attached hydrogen (secondary N) is 2. The van der Waals surface area contributed by atoms with Gasteiger partial charge in [0, 0.05) is 18.5 Å². The molecule has 2 N–H and O–H groups in total. The second-order valence-electron chi connectivity index (χ2n) is 7.23. The topological polar surface area (TPSA) is 211 Å². The van der Waals surface area contributed by atoms with Crippen molar-refractivity contribution in [3.63, 3.8) is 0 Å². The SMILES string of the molecule is CCNc1nc(C)nc(C)c1C=O.CCn1c(=N)c(C#N)cc2c(C)nc(SC)nc21.O=CO[O-].[C-]#[N+]CC#N.[H-].[K+].[K+]. The Labute approximate surface area is 335 Å². The molecule has 0 aliphatic rings. The van der Waals surface area contributed by atoms with E-state index >= 15 is 0 Å². The maximum absolute atomic E-state index is 10.7. The third kappa shape index (κ3) is 14.7. The van der Waals surface area contributed by atoms with Crippen LogP contribution in [0.5, 0.6) is 0 Å². The van der Waals surface area contributed by atoms with E-state index in [1.807, 2.05) is 40.0 Å². The minimum absolute atomic E-state index is 0. The van der Waals surface area contributed by atoms with Crippen LogP contribution in [0.1, 0.15) is 48.4 Å². The monoisotopic (exact) mass is 644 g/mol. The van der Waals surface area contributed by atoms with Gasteiger partial charge in [0.05, 0.1) is 22.5 Å². The summed E-state index contributed by atoms with van der Waals surface area (Å²) in [6, 6.07) is 5.41. The molecule has 0 bridgehead atoms. The van der Waals surface area contributed by atoms with Gasteiger partial charge < -0.3 is 26.3 Å². The van der Waals surface area contributed by atoms with Crippen molar-refractivity contribution >= 4 is 41.4 Å². The van der Waals surface area contributed by atoms with Crippen molar-refractivity contribution in [2.24, 2.45) is 0 Å². The molecular weight excluding hydrogens is 615 g/mol. The predicted octanol–water partition coefficient (Wildman–Crippen LogP) is -3.85. The van der Waals surface area contributed by atoms with Crippen LogP contribution < -0.4 is 119 Å². The Morgan fingerprint density at radius 3 is 2.21 bits per heavy atom. The number of thioether (sulfide) groups is 1. The van der Waals surface area contributed by atoms with Gasteiger partial charge in [0.15, 0.2) is 11.4 Å². The average molecular weight is 645 g/mol. The number of nitrogens with zero attached hydrogens (tertiary/aromatic N) is 8. The summed E-state index contributed by atoms with van der Waals surface area (Å²) in [6.45, 7) is 16.6. The fraction of sp³-hybridized carbons (Fsp3) is 0.360. The molecule has 0 amide bonds. The minimum Gasteiger partial charge on any atom is -1.00 e. The molecule has 0 aromatic carbocycles. The van der Waals surface area contributed by atoms with Crippen LogP contribution in [0.25, 0.3) is 15.9 Å². The smallest absolute Gasteiger partial charge is 1.00 e. The Hall–Kier alpha value is -1.64. The van der Waals surface area contributed by atoms with Crippen LogP contribution >= 0.6 is 11.8 Å². The van der Waals surface area contributed by atoms with Crippen molar-refractivity contribution < 1.29 is 124 Å². The fourth-order valence-electron chi connectivity index (χ4n) is 3.06. The van der Waals surface area contributed by atoms with Crippen LogP contribution in [0.3, 0.4) is 0 Å². The van der Waals surface area contributed by atoms with Gasteiger partial charge in [0.2, 0.25) is 0 Å². The maximum Gasteiger partial charge on any atom is 1.00 e. The Bertz CT molecular complexity index is 1490. The van der Waals surface area contributed by atoms with Crippen LogP contribution in [0.15, 0.2) is 11.2 Å². The fourth-order valence-corrected chi connectivity index (χ4v) is 3.47. The Kier molecular flexibility index (Phi) is 27.5. The molecule has 42 heavy (non-hydrogen) atoms. The van der Waals surface area contributed by atoms with Crippen molar-refractivity contribution in [1.29, 1.82) is 15.9 Å². The van der Waals surface area contributed by atoms with E-state index < -0.39 is 0 Å². The van der Waals surface area contributed by atoms with Crippen LogP contribution in [-0.2, 0) is 16.2 Å². The number of rotatable bonds is 6. The maximum atomic E-state index is 10.7. The number of aldehydes is 1. The van der Waals surface area contributed by atoms with E-state index in [0.29, 0.717) is 34.5 Å². The van der Waals surface area contributed by atoms with Gasteiger partial charge in [-0.15, -0.1) is 0 Å². The number of anilines is 1. The molecule has 14 nitrogen and oxygen atoms in total. The number of pyridine rings is 1. The molecule has 0 spiro atoms. The van der Waals surface area contributed by atoms with Crippen LogP contribution in [0.2, 0.25) is 0 Å². The summed E-state index contributed by atoms with van der Waals surface area (Å²) in [4.78, 5) is 41.8. The first-order valence-corrected chi connectivity index (χ1v) is 12.7. The van der Waals surface area contributed by atoms with E-state index in [1.54, 1.807) is 23.6 Å². The molecule has 0 atom stereocenters. The largest absolute Gasteiger partial charge is 1.00 e. The van der Waals surface area contributed by atoms with Gasteiger partial charge in [-0.2, -0.15) is 10.5 Å². The number of fused-ring (bicyclic) bond motifs is 1. The summed E-state index contributed by atoms with van der Waals surface area (Å²) in [5, 5.41) is 37.6. The quantitative estimate of drug-likeness (QED) is 0.0386. The minimum atomic E-state index is -0.181. The van der Waals surface area contributed by atoms with Gasteiger partial charge >= 0.3 is 103 Å².